The maximum Gasteiger partial charge on any atom is 0.341 e. The summed E-state index contributed by atoms with van der Waals surface area (Å²) in [7, 11) is 2.75. The summed E-state index contributed by atoms with van der Waals surface area (Å²) in [5, 5.41) is 2.96. The first kappa shape index (κ1) is 16.3. The number of hydrogen-bond donors (Lipinski definition) is 1. The number of anilines is 1. The van der Waals surface area contributed by atoms with Crippen LogP contribution in [0.3, 0.4) is 0 Å². The molecule has 1 aromatic rings. The molecule has 0 aliphatic carbocycles. The summed E-state index contributed by atoms with van der Waals surface area (Å²) >= 11 is 6.17. The summed E-state index contributed by atoms with van der Waals surface area (Å²) in [5.41, 5.74) is 1.42. The molecule has 1 N–H and O–H groups in total. The van der Waals surface area contributed by atoms with Gasteiger partial charge < -0.3 is 14.8 Å². The molecule has 0 atom stereocenters. The van der Waals surface area contributed by atoms with Gasteiger partial charge in [0.05, 0.1) is 24.9 Å². The van der Waals surface area contributed by atoms with Crippen molar-refractivity contribution in [3.8, 4) is 5.75 Å². The minimum absolute atomic E-state index is 0.239. The van der Waals surface area contributed by atoms with Crippen molar-refractivity contribution < 1.29 is 19.1 Å². The fourth-order valence-electron chi connectivity index (χ4n) is 1.98. The molecule has 0 saturated heterocycles. The van der Waals surface area contributed by atoms with Gasteiger partial charge in [-0.2, -0.15) is 0 Å². The number of amides is 1. The number of halogens is 1. The van der Waals surface area contributed by atoms with E-state index in [0.717, 1.165) is 6.42 Å². The summed E-state index contributed by atoms with van der Waals surface area (Å²) in [5.74, 6) is -0.389. The van der Waals surface area contributed by atoms with Gasteiger partial charge in [-0.25, -0.2) is 4.79 Å². The van der Waals surface area contributed by atoms with Crippen LogP contribution in [0.15, 0.2) is 6.07 Å². The predicted molar refractivity (Wildman–Crippen MR) is 77.6 cm³/mol. The Hall–Kier alpha value is -1.75. The van der Waals surface area contributed by atoms with Crippen LogP contribution in [0, 0.1) is 0 Å². The third-order valence-electron chi connectivity index (χ3n) is 2.74. The van der Waals surface area contributed by atoms with Crippen LogP contribution in [0.4, 0.5) is 5.69 Å². The molecule has 1 amide bonds. The Bertz CT molecular complexity index is 528. The molecule has 20 heavy (non-hydrogen) atoms. The summed E-state index contributed by atoms with van der Waals surface area (Å²) < 4.78 is 10.0. The Kier molecular flexibility index (Phi) is 5.82. The van der Waals surface area contributed by atoms with Gasteiger partial charge in [0.25, 0.3) is 0 Å². The van der Waals surface area contributed by atoms with E-state index in [4.69, 9.17) is 21.1 Å². The molecule has 5 nitrogen and oxygen atoms in total. The van der Waals surface area contributed by atoms with Crippen molar-refractivity contribution in [1.29, 1.82) is 0 Å². The van der Waals surface area contributed by atoms with Gasteiger partial charge in [-0.15, -0.1) is 0 Å². The van der Waals surface area contributed by atoms with Gasteiger partial charge in [-0.3, -0.25) is 4.79 Å². The van der Waals surface area contributed by atoms with Gasteiger partial charge in [0, 0.05) is 12.5 Å². The lowest BCUT2D eigenvalue weighted by Gasteiger charge is -2.18. The molecule has 0 radical (unpaired) electrons. The second kappa shape index (κ2) is 7.14. The van der Waals surface area contributed by atoms with E-state index >= 15 is 0 Å². The lowest BCUT2D eigenvalue weighted by Crippen LogP contribution is -2.13. The van der Waals surface area contributed by atoms with E-state index in [1.165, 1.54) is 27.2 Å². The summed E-state index contributed by atoms with van der Waals surface area (Å²) in [6.07, 6.45) is 1.42. The lowest BCUT2D eigenvalue weighted by molar-refractivity contribution is -0.114. The zero-order valence-corrected chi connectivity index (χ0v) is 12.8. The summed E-state index contributed by atoms with van der Waals surface area (Å²) in [6.45, 7) is 3.38. The van der Waals surface area contributed by atoms with Gasteiger partial charge in [0.1, 0.15) is 11.3 Å². The predicted octanol–water partition coefficient (Wildman–Crippen LogP) is 3.05. The van der Waals surface area contributed by atoms with Crippen molar-refractivity contribution >= 4 is 29.2 Å². The van der Waals surface area contributed by atoms with Crippen molar-refractivity contribution in [2.75, 3.05) is 19.5 Å². The average molecular weight is 300 g/mol. The fourth-order valence-corrected chi connectivity index (χ4v) is 2.25. The highest BCUT2D eigenvalue weighted by atomic mass is 35.5. The Balaban J connectivity index is 3.54. The highest BCUT2D eigenvalue weighted by Crippen LogP contribution is 2.38. The Labute approximate surface area is 123 Å². The number of carbonyl (C=O) groups excluding carboxylic acids is 2. The van der Waals surface area contributed by atoms with Crippen molar-refractivity contribution in [3.05, 3.63) is 22.2 Å². The maximum absolute atomic E-state index is 11.8. The molecule has 110 valence electrons. The zero-order valence-electron chi connectivity index (χ0n) is 12.0. The number of nitrogens with one attached hydrogen (secondary N) is 1. The maximum atomic E-state index is 11.8. The van der Waals surface area contributed by atoms with Crippen LogP contribution in [0.25, 0.3) is 0 Å². The number of benzene rings is 1. The van der Waals surface area contributed by atoms with Crippen LogP contribution in [-0.2, 0) is 16.0 Å². The van der Waals surface area contributed by atoms with Gasteiger partial charge in [0.2, 0.25) is 5.91 Å². The molecule has 1 aromatic carbocycles. The van der Waals surface area contributed by atoms with Gasteiger partial charge >= 0.3 is 5.97 Å². The van der Waals surface area contributed by atoms with Crippen molar-refractivity contribution in [2.24, 2.45) is 0 Å². The first-order chi connectivity index (χ1) is 9.46. The molecule has 0 bridgehead atoms. The molecular formula is C14H18ClNO4. The van der Waals surface area contributed by atoms with E-state index in [0.29, 0.717) is 23.4 Å². The number of carbonyl (C=O) groups is 2. The molecule has 0 spiro atoms. The van der Waals surface area contributed by atoms with Crippen LogP contribution in [0.5, 0.6) is 5.75 Å². The van der Waals surface area contributed by atoms with Gasteiger partial charge in [-0.1, -0.05) is 24.9 Å². The van der Waals surface area contributed by atoms with E-state index in [2.05, 4.69) is 5.32 Å². The number of rotatable bonds is 5. The minimum Gasteiger partial charge on any atom is -0.495 e. The molecular weight excluding hydrogens is 282 g/mol. The molecule has 0 unspecified atom stereocenters. The molecule has 0 aliphatic heterocycles. The molecule has 0 saturated carbocycles. The molecule has 0 fully saturated rings. The number of esters is 1. The lowest BCUT2D eigenvalue weighted by atomic mass is 10.0. The topological polar surface area (TPSA) is 64.6 Å². The molecule has 0 aliphatic rings. The molecule has 1 rings (SSSR count). The van der Waals surface area contributed by atoms with Crippen molar-refractivity contribution in [2.45, 2.75) is 26.7 Å². The molecule has 6 heteroatoms. The minimum atomic E-state index is -0.532. The molecule has 0 aromatic heterocycles. The third-order valence-corrected chi connectivity index (χ3v) is 3.04. The van der Waals surface area contributed by atoms with E-state index < -0.39 is 5.97 Å². The van der Waals surface area contributed by atoms with Gasteiger partial charge in [-0.05, 0) is 12.5 Å². The quantitative estimate of drug-likeness (QED) is 0.849. The Morgan fingerprint density at radius 2 is 2.00 bits per heavy atom. The molecule has 0 heterocycles. The van der Waals surface area contributed by atoms with E-state index in [1.807, 2.05) is 6.92 Å². The summed E-state index contributed by atoms with van der Waals surface area (Å²) in [4.78, 5) is 23.1. The average Bonchev–Trinajstić information content (AvgIpc) is 2.41. The standard InChI is InChI=1S/C14H18ClNO4/c1-5-6-9-12(16-8(2)17)11(15)7-10(13(9)19-3)14(18)20-4/h7H,5-6H2,1-4H3,(H,16,17). The van der Waals surface area contributed by atoms with Crippen molar-refractivity contribution in [1.82, 2.24) is 0 Å². The number of methoxy groups -OCH3 is 2. The SMILES string of the molecule is CCCc1c(NC(C)=O)c(Cl)cc(C(=O)OC)c1OC. The zero-order chi connectivity index (χ0) is 15.3. The van der Waals surface area contributed by atoms with Crippen LogP contribution >= 0.6 is 11.6 Å². The first-order valence-electron chi connectivity index (χ1n) is 6.21. The normalized spacial score (nSPS) is 10.1. The van der Waals surface area contributed by atoms with Crippen LogP contribution in [0.2, 0.25) is 5.02 Å². The summed E-state index contributed by atoms with van der Waals surface area (Å²) in [6, 6.07) is 1.44. The monoisotopic (exact) mass is 299 g/mol. The highest BCUT2D eigenvalue weighted by molar-refractivity contribution is 6.34. The number of hydrogen-bond acceptors (Lipinski definition) is 4. The highest BCUT2D eigenvalue weighted by Gasteiger charge is 2.22. The smallest absolute Gasteiger partial charge is 0.341 e. The van der Waals surface area contributed by atoms with E-state index in [9.17, 15) is 9.59 Å². The fraction of sp³-hybridized carbons (Fsp3) is 0.429. The van der Waals surface area contributed by atoms with Gasteiger partial charge in [0.15, 0.2) is 0 Å². The van der Waals surface area contributed by atoms with E-state index in [1.54, 1.807) is 0 Å². The van der Waals surface area contributed by atoms with E-state index in [-0.39, 0.29) is 16.5 Å². The number of ether oxygens (including phenoxy) is 2. The Morgan fingerprint density at radius 1 is 1.35 bits per heavy atom. The van der Waals surface area contributed by atoms with Crippen molar-refractivity contribution in [3.63, 3.8) is 0 Å². The van der Waals surface area contributed by atoms with Crippen LogP contribution in [0.1, 0.15) is 36.2 Å². The third kappa shape index (κ3) is 3.42. The van der Waals surface area contributed by atoms with Crippen LogP contribution < -0.4 is 10.1 Å². The Morgan fingerprint density at radius 3 is 2.45 bits per heavy atom. The first-order valence-corrected chi connectivity index (χ1v) is 6.59. The van der Waals surface area contributed by atoms with Crippen LogP contribution in [-0.4, -0.2) is 26.1 Å². The largest absolute Gasteiger partial charge is 0.495 e. The second-order valence-corrected chi connectivity index (χ2v) is 4.62. The second-order valence-electron chi connectivity index (χ2n) is 4.22.